The van der Waals surface area contributed by atoms with Crippen LogP contribution >= 0.6 is 0 Å². The maximum Gasteiger partial charge on any atom is 0.244 e. The zero-order valence-electron chi connectivity index (χ0n) is 16.6. The van der Waals surface area contributed by atoms with E-state index in [2.05, 4.69) is 57.9 Å². The summed E-state index contributed by atoms with van der Waals surface area (Å²) in [7, 11) is 3.24. The van der Waals surface area contributed by atoms with Gasteiger partial charge in [0.1, 0.15) is 0 Å². The predicted molar refractivity (Wildman–Crippen MR) is 111 cm³/mol. The number of methoxy groups -OCH3 is 2. The smallest absolute Gasteiger partial charge is 0.244 e. The first-order valence-corrected chi connectivity index (χ1v) is 9.14. The van der Waals surface area contributed by atoms with Crippen LogP contribution in [0.15, 0.2) is 42.6 Å². The third kappa shape index (κ3) is 4.49. The van der Waals surface area contributed by atoms with Crippen LogP contribution in [0.2, 0.25) is 0 Å². The fraction of sp³-hybridized carbons (Fsp3) is 0.286. The second-order valence-corrected chi connectivity index (χ2v) is 6.30. The van der Waals surface area contributed by atoms with Crippen LogP contribution in [0.1, 0.15) is 23.6 Å². The molecule has 3 aromatic rings. The molecule has 0 bridgehead atoms. The Morgan fingerprint density at radius 3 is 2.61 bits per heavy atom. The number of rotatable bonds is 8. The summed E-state index contributed by atoms with van der Waals surface area (Å²) < 4.78 is 10.6. The van der Waals surface area contributed by atoms with Gasteiger partial charge in [0.15, 0.2) is 17.3 Å². The number of nitrogens with one attached hydrogen (secondary N) is 2. The van der Waals surface area contributed by atoms with E-state index in [1.54, 1.807) is 20.4 Å². The summed E-state index contributed by atoms with van der Waals surface area (Å²) >= 11 is 0. The van der Waals surface area contributed by atoms with Crippen molar-refractivity contribution in [3.8, 4) is 11.5 Å². The molecule has 0 unspecified atom stereocenters. The van der Waals surface area contributed by atoms with E-state index >= 15 is 0 Å². The first kappa shape index (κ1) is 19.4. The van der Waals surface area contributed by atoms with E-state index in [0.717, 1.165) is 23.2 Å². The highest BCUT2D eigenvalue weighted by atomic mass is 16.5. The van der Waals surface area contributed by atoms with Gasteiger partial charge in [0, 0.05) is 12.2 Å². The van der Waals surface area contributed by atoms with Crippen molar-refractivity contribution in [3.05, 3.63) is 59.3 Å². The van der Waals surface area contributed by atoms with Gasteiger partial charge in [0.2, 0.25) is 5.95 Å². The van der Waals surface area contributed by atoms with E-state index in [4.69, 9.17) is 9.47 Å². The lowest BCUT2D eigenvalue weighted by Gasteiger charge is -2.14. The van der Waals surface area contributed by atoms with Gasteiger partial charge in [-0.15, -0.1) is 5.10 Å². The van der Waals surface area contributed by atoms with E-state index in [1.807, 2.05) is 18.2 Å². The Balaban J connectivity index is 1.72. The Morgan fingerprint density at radius 2 is 1.86 bits per heavy atom. The molecule has 0 saturated heterocycles. The van der Waals surface area contributed by atoms with Gasteiger partial charge in [-0.3, -0.25) is 0 Å². The molecule has 2 N–H and O–H groups in total. The van der Waals surface area contributed by atoms with E-state index in [0.29, 0.717) is 29.8 Å². The average molecular weight is 379 g/mol. The lowest BCUT2D eigenvalue weighted by atomic mass is 10.1. The molecule has 146 valence electrons. The number of hydrogen-bond acceptors (Lipinski definition) is 7. The number of anilines is 3. The van der Waals surface area contributed by atoms with Crippen LogP contribution in [-0.4, -0.2) is 29.4 Å². The quantitative estimate of drug-likeness (QED) is 0.609. The Morgan fingerprint density at radius 1 is 1.04 bits per heavy atom. The van der Waals surface area contributed by atoms with Crippen LogP contribution in [0.3, 0.4) is 0 Å². The van der Waals surface area contributed by atoms with Crippen molar-refractivity contribution >= 4 is 17.5 Å². The second-order valence-electron chi connectivity index (χ2n) is 6.30. The molecule has 0 atom stereocenters. The van der Waals surface area contributed by atoms with Crippen LogP contribution in [0, 0.1) is 6.92 Å². The van der Waals surface area contributed by atoms with E-state index in [-0.39, 0.29) is 0 Å². The number of aryl methyl sites for hydroxylation is 2. The fourth-order valence-electron chi connectivity index (χ4n) is 2.94. The van der Waals surface area contributed by atoms with Crippen molar-refractivity contribution in [2.75, 3.05) is 24.9 Å². The number of aromatic nitrogens is 3. The minimum Gasteiger partial charge on any atom is -0.493 e. The molecule has 0 aliphatic rings. The minimum atomic E-state index is 0.450. The van der Waals surface area contributed by atoms with Gasteiger partial charge in [-0.25, -0.2) is 0 Å². The third-order valence-electron chi connectivity index (χ3n) is 4.45. The Kier molecular flexibility index (Phi) is 6.26. The van der Waals surface area contributed by atoms with Gasteiger partial charge in [0.05, 0.1) is 20.4 Å². The molecule has 0 fully saturated rings. The Hall–Kier alpha value is -3.35. The van der Waals surface area contributed by atoms with E-state index < -0.39 is 0 Å². The SMILES string of the molecule is CCc1cccc(C)c1Nc1cnnc(NCc2ccc(OC)c(OC)c2)n1. The molecule has 0 radical (unpaired) electrons. The second kappa shape index (κ2) is 9.03. The van der Waals surface area contributed by atoms with Crippen LogP contribution in [0.25, 0.3) is 0 Å². The number of para-hydroxylation sites is 1. The molecule has 1 heterocycles. The maximum atomic E-state index is 5.34. The van der Waals surface area contributed by atoms with Crippen molar-refractivity contribution in [2.45, 2.75) is 26.8 Å². The van der Waals surface area contributed by atoms with E-state index in [1.165, 1.54) is 5.56 Å². The Bertz CT molecular complexity index is 946. The summed E-state index contributed by atoms with van der Waals surface area (Å²) in [5, 5.41) is 14.7. The van der Waals surface area contributed by atoms with Crippen molar-refractivity contribution in [1.82, 2.24) is 15.2 Å². The zero-order valence-corrected chi connectivity index (χ0v) is 16.6. The summed E-state index contributed by atoms with van der Waals surface area (Å²) in [6.07, 6.45) is 2.56. The number of nitrogens with zero attached hydrogens (tertiary/aromatic N) is 3. The zero-order chi connectivity index (χ0) is 19.9. The molecule has 0 aliphatic heterocycles. The van der Waals surface area contributed by atoms with Crippen molar-refractivity contribution in [2.24, 2.45) is 0 Å². The minimum absolute atomic E-state index is 0.450. The molecule has 0 spiro atoms. The maximum absolute atomic E-state index is 5.34. The standard InChI is InChI=1S/C21H25N5O2/c1-5-16-8-6-7-14(2)20(16)24-19-13-23-26-21(25-19)22-12-15-9-10-17(27-3)18(11-15)28-4/h6-11,13H,5,12H2,1-4H3,(H2,22,24,25,26). The normalized spacial score (nSPS) is 10.4. The monoisotopic (exact) mass is 379 g/mol. The van der Waals surface area contributed by atoms with E-state index in [9.17, 15) is 0 Å². The van der Waals surface area contributed by atoms with Gasteiger partial charge in [-0.1, -0.05) is 31.2 Å². The van der Waals surface area contributed by atoms with Gasteiger partial charge < -0.3 is 20.1 Å². The lowest BCUT2D eigenvalue weighted by Crippen LogP contribution is -2.07. The molecule has 0 saturated carbocycles. The highest BCUT2D eigenvalue weighted by molar-refractivity contribution is 5.64. The van der Waals surface area contributed by atoms with Crippen LogP contribution < -0.4 is 20.1 Å². The number of hydrogen-bond donors (Lipinski definition) is 2. The lowest BCUT2D eigenvalue weighted by molar-refractivity contribution is 0.354. The number of benzene rings is 2. The van der Waals surface area contributed by atoms with Crippen molar-refractivity contribution in [3.63, 3.8) is 0 Å². The molecule has 7 heteroatoms. The molecule has 28 heavy (non-hydrogen) atoms. The molecule has 0 amide bonds. The summed E-state index contributed by atoms with van der Waals surface area (Å²) in [4.78, 5) is 4.52. The topological polar surface area (TPSA) is 81.2 Å². The highest BCUT2D eigenvalue weighted by Crippen LogP contribution is 2.28. The third-order valence-corrected chi connectivity index (χ3v) is 4.45. The summed E-state index contributed by atoms with van der Waals surface area (Å²) in [5.41, 5.74) is 4.49. The summed E-state index contributed by atoms with van der Waals surface area (Å²) in [5.74, 6) is 2.48. The van der Waals surface area contributed by atoms with Gasteiger partial charge in [0.25, 0.3) is 0 Å². The molecule has 2 aromatic carbocycles. The van der Waals surface area contributed by atoms with Gasteiger partial charge in [-0.2, -0.15) is 10.1 Å². The molecule has 7 nitrogen and oxygen atoms in total. The summed E-state index contributed by atoms with van der Waals surface area (Å²) in [6.45, 7) is 4.75. The van der Waals surface area contributed by atoms with Gasteiger partial charge >= 0.3 is 0 Å². The molecule has 3 rings (SSSR count). The fourth-order valence-corrected chi connectivity index (χ4v) is 2.94. The molecule has 0 aliphatic carbocycles. The summed E-state index contributed by atoms with van der Waals surface area (Å²) in [6, 6.07) is 12.0. The van der Waals surface area contributed by atoms with Crippen LogP contribution in [0.5, 0.6) is 11.5 Å². The number of ether oxygens (including phenoxy) is 2. The largest absolute Gasteiger partial charge is 0.493 e. The molecular weight excluding hydrogens is 354 g/mol. The first-order chi connectivity index (χ1) is 13.6. The predicted octanol–water partition coefficient (Wildman–Crippen LogP) is 4.12. The molecular formula is C21H25N5O2. The van der Waals surface area contributed by atoms with Crippen molar-refractivity contribution in [1.29, 1.82) is 0 Å². The van der Waals surface area contributed by atoms with Gasteiger partial charge in [-0.05, 0) is 42.2 Å². The average Bonchev–Trinajstić information content (AvgIpc) is 2.73. The first-order valence-electron chi connectivity index (χ1n) is 9.14. The van der Waals surface area contributed by atoms with Crippen LogP contribution in [0.4, 0.5) is 17.5 Å². The highest BCUT2D eigenvalue weighted by Gasteiger charge is 2.08. The van der Waals surface area contributed by atoms with Crippen LogP contribution in [-0.2, 0) is 13.0 Å². The van der Waals surface area contributed by atoms with Crippen molar-refractivity contribution < 1.29 is 9.47 Å². The Labute approximate surface area is 165 Å². The molecule has 1 aromatic heterocycles.